The second-order valence-electron chi connectivity index (χ2n) is 8.65. The number of hydrogen-bond acceptors (Lipinski definition) is 5. The molecule has 0 radical (unpaired) electrons. The number of benzene rings is 2. The summed E-state index contributed by atoms with van der Waals surface area (Å²) in [6, 6.07) is 19.2. The molecule has 0 bridgehead atoms. The summed E-state index contributed by atoms with van der Waals surface area (Å²) in [5.74, 6) is -1.40. The number of amides is 2. The summed E-state index contributed by atoms with van der Waals surface area (Å²) in [6.07, 6.45) is 1.86. The number of carboxylic acids is 1. The Morgan fingerprint density at radius 2 is 1.62 bits per heavy atom. The van der Waals surface area contributed by atoms with Gasteiger partial charge in [0.1, 0.15) is 12.3 Å². The highest BCUT2D eigenvalue weighted by atomic mass is 16.5. The Hall–Kier alpha value is -4.20. The van der Waals surface area contributed by atoms with Crippen molar-refractivity contribution in [3.05, 3.63) is 83.7 Å². The third-order valence-electron chi connectivity index (χ3n) is 6.48. The van der Waals surface area contributed by atoms with Crippen LogP contribution in [-0.4, -0.2) is 41.2 Å². The zero-order chi connectivity index (χ0) is 23.7. The molecule has 3 N–H and O–H groups in total. The van der Waals surface area contributed by atoms with Crippen molar-refractivity contribution in [2.45, 2.75) is 18.8 Å². The number of aromatic nitrogens is 1. The number of nitrogens with zero attached hydrogens (tertiary/aromatic N) is 1. The third kappa shape index (κ3) is 4.10. The molecule has 0 atom stereocenters. The molecule has 0 saturated heterocycles. The molecule has 0 spiro atoms. The number of ether oxygens (including phenoxy) is 1. The van der Waals surface area contributed by atoms with Gasteiger partial charge in [0.2, 0.25) is 0 Å². The van der Waals surface area contributed by atoms with Gasteiger partial charge >= 0.3 is 12.1 Å². The molecule has 3 aromatic rings. The third-order valence-corrected chi connectivity index (χ3v) is 6.48. The molecular weight excluding hydrogens is 434 g/mol. The maximum Gasteiger partial charge on any atom is 0.411 e. The molecule has 5 rings (SSSR count). The zero-order valence-electron chi connectivity index (χ0n) is 18.3. The van der Waals surface area contributed by atoms with Crippen molar-refractivity contribution in [2.24, 2.45) is 5.41 Å². The van der Waals surface area contributed by atoms with Crippen molar-refractivity contribution in [2.75, 3.05) is 18.5 Å². The molecule has 0 unspecified atom stereocenters. The topological polar surface area (TPSA) is 118 Å². The lowest BCUT2D eigenvalue weighted by atomic mass is 9.98. The van der Waals surface area contributed by atoms with Gasteiger partial charge in [0.25, 0.3) is 5.91 Å². The number of rotatable bonds is 7. The first-order valence-corrected chi connectivity index (χ1v) is 11.1. The first kappa shape index (κ1) is 21.6. The summed E-state index contributed by atoms with van der Waals surface area (Å²) in [7, 11) is 0. The molecule has 2 aliphatic carbocycles. The number of carboxylic acid groups (broad SMARTS) is 1. The lowest BCUT2D eigenvalue weighted by Gasteiger charge is -2.14. The Labute approximate surface area is 196 Å². The van der Waals surface area contributed by atoms with E-state index in [4.69, 9.17) is 4.74 Å². The molecule has 8 nitrogen and oxygen atoms in total. The van der Waals surface area contributed by atoms with Crippen molar-refractivity contribution in [3.8, 4) is 11.1 Å². The summed E-state index contributed by atoms with van der Waals surface area (Å²) in [4.78, 5) is 39.9. The van der Waals surface area contributed by atoms with Gasteiger partial charge in [-0.3, -0.25) is 14.9 Å². The van der Waals surface area contributed by atoms with Crippen LogP contribution in [0.3, 0.4) is 0 Å². The Morgan fingerprint density at radius 3 is 2.18 bits per heavy atom. The van der Waals surface area contributed by atoms with E-state index in [0.29, 0.717) is 18.5 Å². The monoisotopic (exact) mass is 457 g/mol. The number of pyridine rings is 1. The van der Waals surface area contributed by atoms with Crippen molar-refractivity contribution in [1.29, 1.82) is 0 Å². The molecule has 172 valence electrons. The number of carbonyl (C=O) groups excluding carboxylic acids is 2. The van der Waals surface area contributed by atoms with Crippen molar-refractivity contribution in [3.63, 3.8) is 0 Å². The molecule has 2 aliphatic rings. The van der Waals surface area contributed by atoms with Crippen LogP contribution in [0.15, 0.2) is 66.9 Å². The fraction of sp³-hybridized carbons (Fsp3) is 0.231. The van der Waals surface area contributed by atoms with Crippen molar-refractivity contribution in [1.82, 2.24) is 10.3 Å². The van der Waals surface area contributed by atoms with Crippen LogP contribution in [0.1, 0.15) is 40.4 Å². The van der Waals surface area contributed by atoms with Crippen LogP contribution in [0.25, 0.3) is 11.1 Å². The highest BCUT2D eigenvalue weighted by Crippen LogP contribution is 2.45. The fourth-order valence-electron chi connectivity index (χ4n) is 4.31. The van der Waals surface area contributed by atoms with Gasteiger partial charge in [-0.25, -0.2) is 9.78 Å². The molecule has 1 heterocycles. The van der Waals surface area contributed by atoms with E-state index in [2.05, 4.69) is 39.9 Å². The molecule has 8 heteroatoms. The normalized spacial score (nSPS) is 15.1. The number of hydrogen-bond donors (Lipinski definition) is 3. The van der Waals surface area contributed by atoms with Crippen LogP contribution in [0.4, 0.5) is 10.5 Å². The van der Waals surface area contributed by atoms with Crippen LogP contribution in [0.5, 0.6) is 0 Å². The molecule has 1 saturated carbocycles. The minimum atomic E-state index is -0.900. The molecule has 34 heavy (non-hydrogen) atoms. The number of aliphatic carboxylic acids is 1. The number of fused-ring (bicyclic) bond motifs is 3. The van der Waals surface area contributed by atoms with Crippen LogP contribution < -0.4 is 10.6 Å². The average molecular weight is 457 g/mol. The van der Waals surface area contributed by atoms with E-state index in [1.54, 1.807) is 6.07 Å². The highest BCUT2D eigenvalue weighted by Gasteiger charge is 2.50. The second kappa shape index (κ2) is 8.62. The summed E-state index contributed by atoms with van der Waals surface area (Å²) in [5.41, 5.74) is 4.25. The Morgan fingerprint density at radius 1 is 0.971 bits per heavy atom. The molecular formula is C26H23N3O5. The van der Waals surface area contributed by atoms with Gasteiger partial charge in [0.15, 0.2) is 0 Å². The Kier molecular flexibility index (Phi) is 5.49. The summed E-state index contributed by atoms with van der Waals surface area (Å²) < 4.78 is 5.51. The Bertz CT molecular complexity index is 1220. The number of carbonyl (C=O) groups is 3. The van der Waals surface area contributed by atoms with Gasteiger partial charge in [-0.1, -0.05) is 48.5 Å². The lowest BCUT2D eigenvalue weighted by Crippen LogP contribution is -2.34. The van der Waals surface area contributed by atoms with E-state index in [1.807, 2.05) is 24.3 Å². The van der Waals surface area contributed by atoms with Gasteiger partial charge in [-0.2, -0.15) is 0 Å². The van der Waals surface area contributed by atoms with E-state index in [0.717, 1.165) is 22.3 Å². The van der Waals surface area contributed by atoms with Crippen LogP contribution in [0, 0.1) is 5.41 Å². The minimum Gasteiger partial charge on any atom is -0.481 e. The summed E-state index contributed by atoms with van der Waals surface area (Å²) in [6.45, 7) is 0.266. The molecule has 2 aromatic carbocycles. The van der Waals surface area contributed by atoms with E-state index >= 15 is 0 Å². The van der Waals surface area contributed by atoms with E-state index < -0.39 is 23.4 Å². The predicted molar refractivity (Wildman–Crippen MR) is 125 cm³/mol. The van der Waals surface area contributed by atoms with Gasteiger partial charge in [0.05, 0.1) is 17.3 Å². The van der Waals surface area contributed by atoms with E-state index in [-0.39, 0.29) is 24.8 Å². The summed E-state index contributed by atoms with van der Waals surface area (Å²) >= 11 is 0. The van der Waals surface area contributed by atoms with E-state index in [9.17, 15) is 19.5 Å². The van der Waals surface area contributed by atoms with Crippen LogP contribution >= 0.6 is 0 Å². The van der Waals surface area contributed by atoms with Gasteiger partial charge in [0, 0.05) is 12.5 Å². The predicted octanol–water partition coefficient (Wildman–Crippen LogP) is 4.04. The van der Waals surface area contributed by atoms with Crippen LogP contribution in [-0.2, 0) is 9.53 Å². The quantitative estimate of drug-likeness (QED) is 0.493. The Balaban J connectivity index is 1.17. The fourth-order valence-corrected chi connectivity index (χ4v) is 4.31. The highest BCUT2D eigenvalue weighted by molar-refractivity contribution is 5.93. The summed E-state index contributed by atoms with van der Waals surface area (Å²) in [5, 5.41) is 14.4. The zero-order valence-corrected chi connectivity index (χ0v) is 18.3. The average Bonchev–Trinajstić information content (AvgIpc) is 3.59. The maximum atomic E-state index is 12.4. The SMILES string of the molecule is O=C(Nc1ccc(C(=O)NCC2(C(=O)O)CC2)nc1)OCC1c2ccccc2-c2ccccc21. The molecule has 2 amide bonds. The van der Waals surface area contributed by atoms with Gasteiger partial charge < -0.3 is 15.2 Å². The maximum absolute atomic E-state index is 12.4. The molecule has 1 fully saturated rings. The first-order chi connectivity index (χ1) is 16.5. The van der Waals surface area contributed by atoms with Gasteiger partial charge in [-0.05, 0) is 47.2 Å². The lowest BCUT2D eigenvalue weighted by molar-refractivity contribution is -0.143. The first-order valence-electron chi connectivity index (χ1n) is 11.1. The smallest absolute Gasteiger partial charge is 0.411 e. The number of anilines is 1. The van der Waals surface area contributed by atoms with Gasteiger partial charge in [-0.15, -0.1) is 0 Å². The van der Waals surface area contributed by atoms with E-state index in [1.165, 1.54) is 12.3 Å². The minimum absolute atomic E-state index is 0.0390. The largest absolute Gasteiger partial charge is 0.481 e. The van der Waals surface area contributed by atoms with Crippen molar-refractivity contribution >= 4 is 23.7 Å². The van der Waals surface area contributed by atoms with Crippen LogP contribution in [0.2, 0.25) is 0 Å². The number of nitrogens with one attached hydrogen (secondary N) is 2. The molecule has 0 aliphatic heterocycles. The molecule has 1 aromatic heterocycles. The van der Waals surface area contributed by atoms with Crippen molar-refractivity contribution < 1.29 is 24.2 Å². The second-order valence-corrected chi connectivity index (χ2v) is 8.65. The standard InChI is InChI=1S/C26H23N3O5/c30-23(28-15-26(11-12-26)24(31)32)22-10-9-16(13-27-22)29-25(33)34-14-21-19-7-3-1-5-17(19)18-6-2-4-8-20(18)21/h1-10,13,21H,11-12,14-15H2,(H,28,30)(H,29,33)(H,31,32).